The highest BCUT2D eigenvalue weighted by atomic mass is 32.2. The highest BCUT2D eigenvalue weighted by Crippen LogP contribution is 2.28. The predicted octanol–water partition coefficient (Wildman–Crippen LogP) is 3.20. The van der Waals surface area contributed by atoms with Crippen molar-refractivity contribution in [2.45, 2.75) is 71.6 Å². The quantitative estimate of drug-likeness (QED) is 0.534. The van der Waals surface area contributed by atoms with Gasteiger partial charge in [0.1, 0.15) is 5.75 Å². The zero-order valence-corrected chi connectivity index (χ0v) is 23.5. The van der Waals surface area contributed by atoms with Crippen LogP contribution in [0.5, 0.6) is 5.75 Å². The van der Waals surface area contributed by atoms with E-state index in [1.54, 1.807) is 24.0 Å². The molecule has 0 radical (unpaired) electrons. The first-order valence-electron chi connectivity index (χ1n) is 13.0. The van der Waals surface area contributed by atoms with Crippen LogP contribution in [0, 0.1) is 5.92 Å². The SMILES string of the molecule is CCCN(C)C[C@@H]1OCCCC[C@@H](C)Oc2ccc(NS(C)(=O)=O)cc2C(=O)N([C@H](C)CO)C[C@@H]1C. The third kappa shape index (κ3) is 9.53. The Bertz CT molecular complexity index is 942. The Hall–Kier alpha value is -1.88. The number of hydrogen-bond acceptors (Lipinski definition) is 7. The van der Waals surface area contributed by atoms with Crippen molar-refractivity contribution in [1.29, 1.82) is 0 Å². The van der Waals surface area contributed by atoms with Crippen LogP contribution in [-0.4, -0.2) is 93.6 Å². The number of aliphatic hydroxyl groups excluding tert-OH is 1. The van der Waals surface area contributed by atoms with Crippen molar-refractivity contribution in [3.63, 3.8) is 0 Å². The summed E-state index contributed by atoms with van der Waals surface area (Å²) in [6, 6.07) is 4.31. The fourth-order valence-corrected chi connectivity index (χ4v) is 5.00. The molecular formula is C26H45N3O6S. The number of ether oxygens (including phenoxy) is 2. The third-order valence-electron chi connectivity index (χ3n) is 6.45. The first-order chi connectivity index (χ1) is 16.9. The molecule has 2 rings (SSSR count). The van der Waals surface area contributed by atoms with E-state index in [-0.39, 0.29) is 41.9 Å². The first kappa shape index (κ1) is 30.3. The number of sulfonamides is 1. The molecule has 0 aromatic heterocycles. The maximum Gasteiger partial charge on any atom is 0.258 e. The van der Waals surface area contributed by atoms with E-state index in [2.05, 4.69) is 30.5 Å². The van der Waals surface area contributed by atoms with Crippen molar-refractivity contribution in [2.75, 3.05) is 50.9 Å². The predicted molar refractivity (Wildman–Crippen MR) is 143 cm³/mol. The summed E-state index contributed by atoms with van der Waals surface area (Å²) < 4.78 is 38.6. The monoisotopic (exact) mass is 527 g/mol. The number of anilines is 1. The molecule has 0 saturated carbocycles. The highest BCUT2D eigenvalue weighted by Gasteiger charge is 2.30. The van der Waals surface area contributed by atoms with Gasteiger partial charge < -0.3 is 24.4 Å². The summed E-state index contributed by atoms with van der Waals surface area (Å²) in [5, 5.41) is 9.98. The van der Waals surface area contributed by atoms with Gasteiger partial charge in [-0.3, -0.25) is 9.52 Å². The van der Waals surface area contributed by atoms with E-state index in [0.29, 0.717) is 18.9 Å². The number of aliphatic hydroxyl groups is 1. The van der Waals surface area contributed by atoms with Crippen LogP contribution >= 0.6 is 0 Å². The smallest absolute Gasteiger partial charge is 0.258 e. The lowest BCUT2D eigenvalue weighted by molar-refractivity contribution is -0.0167. The number of nitrogens with zero attached hydrogens (tertiary/aromatic N) is 2. The van der Waals surface area contributed by atoms with Crippen LogP contribution in [0.1, 0.15) is 63.7 Å². The standard InChI is InChI=1S/C26H45N3O6S/c1-7-13-28(5)17-25-19(2)16-29(20(3)18-30)26(31)23-15-22(27-36(6,32)33)11-12-24(23)35-21(4)10-8-9-14-34-25/h11-12,15,19-21,25,27,30H,7-10,13-14,16-18H2,1-6H3/t19-,20+,21+,25-/m0/s1. The van der Waals surface area contributed by atoms with Gasteiger partial charge in [-0.05, 0) is 71.3 Å². The molecule has 0 unspecified atom stereocenters. The first-order valence-corrected chi connectivity index (χ1v) is 14.8. The number of rotatable bonds is 8. The molecule has 0 aliphatic carbocycles. The van der Waals surface area contributed by atoms with Crippen molar-refractivity contribution < 1.29 is 27.8 Å². The topological polar surface area (TPSA) is 108 Å². The minimum absolute atomic E-state index is 0.00539. The molecule has 9 nitrogen and oxygen atoms in total. The molecule has 0 spiro atoms. The Kier molecular flexibility index (Phi) is 11.9. The van der Waals surface area contributed by atoms with Gasteiger partial charge in [-0.25, -0.2) is 8.42 Å². The second-order valence-electron chi connectivity index (χ2n) is 10.1. The number of nitrogens with one attached hydrogen (secondary N) is 1. The molecule has 0 bridgehead atoms. The van der Waals surface area contributed by atoms with E-state index < -0.39 is 16.1 Å². The summed E-state index contributed by atoms with van der Waals surface area (Å²) >= 11 is 0. The fraction of sp³-hybridized carbons (Fsp3) is 0.731. The summed E-state index contributed by atoms with van der Waals surface area (Å²) in [4.78, 5) is 17.8. The zero-order chi connectivity index (χ0) is 26.9. The van der Waals surface area contributed by atoms with E-state index in [9.17, 15) is 18.3 Å². The second kappa shape index (κ2) is 14.2. The minimum atomic E-state index is -3.52. The molecule has 2 N–H and O–H groups in total. The Labute approximate surface area is 217 Å². The maximum absolute atomic E-state index is 13.9. The van der Waals surface area contributed by atoms with Crippen LogP contribution in [0.3, 0.4) is 0 Å². The van der Waals surface area contributed by atoms with E-state index in [4.69, 9.17) is 9.47 Å². The average Bonchev–Trinajstić information content (AvgIpc) is 2.80. The molecule has 1 aliphatic rings. The van der Waals surface area contributed by atoms with E-state index in [1.165, 1.54) is 6.07 Å². The molecule has 1 aromatic carbocycles. The maximum atomic E-state index is 13.9. The van der Waals surface area contributed by atoms with Gasteiger partial charge in [0, 0.05) is 31.3 Å². The summed E-state index contributed by atoms with van der Waals surface area (Å²) in [6.07, 6.45) is 4.54. The molecule has 1 amide bonds. The van der Waals surface area contributed by atoms with Gasteiger partial charge in [0.2, 0.25) is 10.0 Å². The van der Waals surface area contributed by atoms with Gasteiger partial charge in [-0.15, -0.1) is 0 Å². The van der Waals surface area contributed by atoms with Crippen LogP contribution in [0.15, 0.2) is 18.2 Å². The van der Waals surface area contributed by atoms with Gasteiger partial charge in [0.15, 0.2) is 0 Å². The average molecular weight is 528 g/mol. The Morgan fingerprint density at radius 3 is 2.64 bits per heavy atom. The molecule has 1 heterocycles. The van der Waals surface area contributed by atoms with Gasteiger partial charge in [0.25, 0.3) is 5.91 Å². The third-order valence-corrected chi connectivity index (χ3v) is 7.06. The lowest BCUT2D eigenvalue weighted by Gasteiger charge is -2.35. The number of likely N-dealkylation sites (N-methyl/N-ethyl adjacent to an activating group) is 1. The Morgan fingerprint density at radius 2 is 2.00 bits per heavy atom. The number of fused-ring (bicyclic) bond motifs is 1. The number of carbonyl (C=O) groups is 1. The second-order valence-corrected chi connectivity index (χ2v) is 11.9. The van der Waals surface area contributed by atoms with Crippen LogP contribution in [-0.2, 0) is 14.8 Å². The van der Waals surface area contributed by atoms with Gasteiger partial charge in [0.05, 0.1) is 36.7 Å². The minimum Gasteiger partial charge on any atom is -0.490 e. The van der Waals surface area contributed by atoms with Crippen molar-refractivity contribution in [3.05, 3.63) is 23.8 Å². The molecule has 10 heteroatoms. The highest BCUT2D eigenvalue weighted by molar-refractivity contribution is 7.92. The molecule has 1 aliphatic heterocycles. The summed E-state index contributed by atoms with van der Waals surface area (Å²) in [7, 11) is -1.45. The van der Waals surface area contributed by atoms with Crippen molar-refractivity contribution in [1.82, 2.24) is 9.80 Å². The number of amides is 1. The number of carbonyl (C=O) groups excluding carboxylic acids is 1. The Balaban J connectivity index is 2.48. The van der Waals surface area contributed by atoms with Crippen molar-refractivity contribution in [3.8, 4) is 5.75 Å². The number of hydrogen-bond donors (Lipinski definition) is 2. The lowest BCUT2D eigenvalue weighted by Crippen LogP contribution is -2.47. The molecule has 206 valence electrons. The van der Waals surface area contributed by atoms with Crippen LogP contribution in [0.4, 0.5) is 5.69 Å². The molecule has 0 fully saturated rings. The summed E-state index contributed by atoms with van der Waals surface area (Å²) in [5.41, 5.74) is 0.551. The van der Waals surface area contributed by atoms with Gasteiger partial charge in [-0.2, -0.15) is 0 Å². The van der Waals surface area contributed by atoms with Gasteiger partial charge in [-0.1, -0.05) is 13.8 Å². The van der Waals surface area contributed by atoms with E-state index in [0.717, 1.165) is 45.0 Å². The molecular weight excluding hydrogens is 482 g/mol. The van der Waals surface area contributed by atoms with Gasteiger partial charge >= 0.3 is 0 Å². The summed E-state index contributed by atoms with van der Waals surface area (Å²) in [5.74, 6) is 0.0909. The Morgan fingerprint density at radius 1 is 1.28 bits per heavy atom. The largest absolute Gasteiger partial charge is 0.490 e. The number of benzene rings is 1. The van der Waals surface area contributed by atoms with Crippen molar-refractivity contribution in [2.24, 2.45) is 5.92 Å². The van der Waals surface area contributed by atoms with Crippen molar-refractivity contribution >= 4 is 21.6 Å². The van der Waals surface area contributed by atoms with Crippen LogP contribution in [0.2, 0.25) is 0 Å². The molecule has 1 aromatic rings. The van der Waals surface area contributed by atoms with E-state index in [1.807, 2.05) is 6.92 Å². The van der Waals surface area contributed by atoms with Crippen LogP contribution in [0.25, 0.3) is 0 Å². The molecule has 4 atom stereocenters. The lowest BCUT2D eigenvalue weighted by atomic mass is 10.0. The zero-order valence-electron chi connectivity index (χ0n) is 22.7. The normalized spacial score (nSPS) is 23.5. The summed E-state index contributed by atoms with van der Waals surface area (Å²) in [6.45, 7) is 10.5. The molecule has 36 heavy (non-hydrogen) atoms. The molecule has 0 saturated heterocycles. The van der Waals surface area contributed by atoms with Crippen LogP contribution < -0.4 is 9.46 Å². The van der Waals surface area contributed by atoms with E-state index >= 15 is 0 Å². The fourth-order valence-electron chi connectivity index (χ4n) is 4.44.